The molecule has 1 aliphatic heterocycles. The van der Waals surface area contributed by atoms with Crippen molar-refractivity contribution in [2.75, 3.05) is 34.3 Å². The van der Waals surface area contributed by atoms with E-state index in [1.54, 1.807) is 42.5 Å². The first-order valence-corrected chi connectivity index (χ1v) is 10.0. The smallest absolute Gasteiger partial charge is 0.295 e. The summed E-state index contributed by atoms with van der Waals surface area (Å²) >= 11 is 12.2. The third-order valence-electron chi connectivity index (χ3n) is 4.95. The first-order chi connectivity index (χ1) is 14.2. The van der Waals surface area contributed by atoms with Crippen molar-refractivity contribution in [3.63, 3.8) is 0 Å². The molecule has 1 fully saturated rings. The van der Waals surface area contributed by atoms with E-state index in [2.05, 4.69) is 0 Å². The molecule has 2 aromatic carbocycles. The van der Waals surface area contributed by atoms with Gasteiger partial charge in [0.15, 0.2) is 0 Å². The second-order valence-electron chi connectivity index (χ2n) is 7.20. The molecule has 1 saturated heterocycles. The quantitative estimate of drug-likeness (QED) is 0.411. The molecule has 3 rings (SSSR count). The fourth-order valence-corrected chi connectivity index (χ4v) is 3.66. The topological polar surface area (TPSA) is 70.1 Å². The Kier molecular flexibility index (Phi) is 6.71. The largest absolute Gasteiger partial charge is 0.507 e. The Labute approximate surface area is 185 Å². The SMILES string of the molecule is COc1ccc(/C(O)=C2/C(=O)C(=O)N(CCN(C)C)C2c2ccc(Cl)c(Cl)c2)cc1. The van der Waals surface area contributed by atoms with Gasteiger partial charge in [0.2, 0.25) is 0 Å². The number of amides is 1. The molecule has 0 spiro atoms. The number of methoxy groups -OCH3 is 1. The van der Waals surface area contributed by atoms with Crippen LogP contribution in [0.25, 0.3) is 5.76 Å². The summed E-state index contributed by atoms with van der Waals surface area (Å²) in [5, 5.41) is 11.7. The van der Waals surface area contributed by atoms with Gasteiger partial charge in [0.1, 0.15) is 11.5 Å². The van der Waals surface area contributed by atoms with Crippen molar-refractivity contribution >= 4 is 40.7 Å². The number of nitrogens with zero attached hydrogens (tertiary/aromatic N) is 2. The third kappa shape index (κ3) is 4.31. The predicted octanol–water partition coefficient (Wildman–Crippen LogP) is 3.99. The maximum Gasteiger partial charge on any atom is 0.295 e. The van der Waals surface area contributed by atoms with E-state index in [-0.39, 0.29) is 11.3 Å². The molecular formula is C22H22Cl2N2O4. The highest BCUT2D eigenvalue weighted by atomic mass is 35.5. The second-order valence-corrected chi connectivity index (χ2v) is 8.01. The van der Waals surface area contributed by atoms with E-state index in [9.17, 15) is 14.7 Å². The number of hydrogen-bond donors (Lipinski definition) is 1. The van der Waals surface area contributed by atoms with Crippen LogP contribution in [0.1, 0.15) is 17.2 Å². The molecular weight excluding hydrogens is 427 g/mol. The van der Waals surface area contributed by atoms with Gasteiger partial charge in [0, 0.05) is 18.7 Å². The number of Topliss-reactive ketones (excluding diaryl/α,β-unsaturated/α-hetero) is 1. The number of benzene rings is 2. The van der Waals surface area contributed by atoms with Gasteiger partial charge in [-0.1, -0.05) is 29.3 Å². The van der Waals surface area contributed by atoms with Crippen LogP contribution in [0.4, 0.5) is 0 Å². The Morgan fingerprint density at radius 1 is 1.10 bits per heavy atom. The van der Waals surface area contributed by atoms with Gasteiger partial charge >= 0.3 is 0 Å². The summed E-state index contributed by atoms with van der Waals surface area (Å²) in [6, 6.07) is 10.8. The van der Waals surface area contributed by atoms with Crippen molar-refractivity contribution in [2.24, 2.45) is 0 Å². The molecule has 1 amide bonds. The first kappa shape index (κ1) is 22.2. The normalized spacial score (nSPS) is 18.3. The number of likely N-dealkylation sites (tertiary alicyclic amines) is 1. The molecule has 0 radical (unpaired) electrons. The Bertz CT molecular complexity index is 1000. The molecule has 0 bridgehead atoms. The van der Waals surface area contributed by atoms with Crippen molar-refractivity contribution in [1.29, 1.82) is 0 Å². The average Bonchev–Trinajstić information content (AvgIpc) is 2.98. The summed E-state index contributed by atoms with van der Waals surface area (Å²) in [4.78, 5) is 29.1. The summed E-state index contributed by atoms with van der Waals surface area (Å²) < 4.78 is 5.14. The number of carbonyl (C=O) groups is 2. The molecule has 1 unspecified atom stereocenters. The number of hydrogen-bond acceptors (Lipinski definition) is 5. The van der Waals surface area contributed by atoms with E-state index in [1.165, 1.54) is 12.0 Å². The minimum Gasteiger partial charge on any atom is -0.507 e. The minimum absolute atomic E-state index is 0.0160. The lowest BCUT2D eigenvalue weighted by atomic mass is 9.95. The second kappa shape index (κ2) is 9.08. The summed E-state index contributed by atoms with van der Waals surface area (Å²) in [5.41, 5.74) is 1.02. The zero-order valence-electron chi connectivity index (χ0n) is 16.9. The van der Waals surface area contributed by atoms with E-state index in [4.69, 9.17) is 27.9 Å². The highest BCUT2D eigenvalue weighted by Crippen LogP contribution is 2.40. The number of ether oxygens (including phenoxy) is 1. The molecule has 2 aromatic rings. The van der Waals surface area contributed by atoms with Crippen molar-refractivity contribution in [2.45, 2.75) is 6.04 Å². The fourth-order valence-electron chi connectivity index (χ4n) is 3.35. The van der Waals surface area contributed by atoms with E-state index in [0.29, 0.717) is 40.0 Å². The van der Waals surface area contributed by atoms with Crippen LogP contribution in [0.2, 0.25) is 10.0 Å². The summed E-state index contributed by atoms with van der Waals surface area (Å²) in [7, 11) is 5.29. The van der Waals surface area contributed by atoms with Gasteiger partial charge in [-0.3, -0.25) is 9.59 Å². The van der Waals surface area contributed by atoms with Gasteiger partial charge in [-0.25, -0.2) is 0 Å². The van der Waals surface area contributed by atoms with Gasteiger partial charge < -0.3 is 19.6 Å². The van der Waals surface area contributed by atoms with E-state index < -0.39 is 17.7 Å². The lowest BCUT2D eigenvalue weighted by molar-refractivity contribution is -0.140. The molecule has 6 nitrogen and oxygen atoms in total. The maximum atomic E-state index is 12.9. The molecule has 30 heavy (non-hydrogen) atoms. The maximum absolute atomic E-state index is 12.9. The number of aliphatic hydroxyl groups excluding tert-OH is 1. The summed E-state index contributed by atoms with van der Waals surface area (Å²) in [5.74, 6) is -1.04. The van der Waals surface area contributed by atoms with Gasteiger partial charge in [0.25, 0.3) is 11.7 Å². The molecule has 8 heteroatoms. The van der Waals surface area contributed by atoms with Crippen LogP contribution in [-0.2, 0) is 9.59 Å². The summed E-state index contributed by atoms with van der Waals surface area (Å²) in [6.07, 6.45) is 0. The van der Waals surface area contributed by atoms with Gasteiger partial charge in [-0.2, -0.15) is 0 Å². The van der Waals surface area contributed by atoms with Crippen LogP contribution in [0, 0.1) is 0 Å². The average molecular weight is 449 g/mol. The first-order valence-electron chi connectivity index (χ1n) is 9.27. The molecule has 1 N–H and O–H groups in total. The van der Waals surface area contributed by atoms with Crippen molar-refractivity contribution in [3.05, 3.63) is 69.2 Å². The van der Waals surface area contributed by atoms with Crippen LogP contribution < -0.4 is 4.74 Å². The molecule has 0 aliphatic carbocycles. The number of carbonyl (C=O) groups excluding carboxylic acids is 2. The zero-order valence-corrected chi connectivity index (χ0v) is 18.4. The molecule has 158 valence electrons. The van der Waals surface area contributed by atoms with Gasteiger partial charge in [-0.05, 0) is 56.1 Å². The fraction of sp³-hybridized carbons (Fsp3) is 0.273. The minimum atomic E-state index is -0.776. The number of aliphatic hydroxyl groups is 1. The lowest BCUT2D eigenvalue weighted by Crippen LogP contribution is -2.35. The van der Waals surface area contributed by atoms with Crippen molar-refractivity contribution in [1.82, 2.24) is 9.80 Å². The molecule has 0 aromatic heterocycles. The monoisotopic (exact) mass is 448 g/mol. The van der Waals surface area contributed by atoms with Crippen molar-refractivity contribution in [3.8, 4) is 5.75 Å². The van der Waals surface area contributed by atoms with Crippen LogP contribution in [-0.4, -0.2) is 60.9 Å². The van der Waals surface area contributed by atoms with Crippen molar-refractivity contribution < 1.29 is 19.4 Å². The zero-order chi connectivity index (χ0) is 22.0. The highest BCUT2D eigenvalue weighted by molar-refractivity contribution is 6.46. The molecule has 1 atom stereocenters. The van der Waals surface area contributed by atoms with Crippen LogP contribution in [0.5, 0.6) is 5.75 Å². The third-order valence-corrected chi connectivity index (χ3v) is 5.69. The van der Waals surface area contributed by atoms with Crippen LogP contribution >= 0.6 is 23.2 Å². The van der Waals surface area contributed by atoms with Gasteiger partial charge in [-0.15, -0.1) is 0 Å². The summed E-state index contributed by atoms with van der Waals surface area (Å²) in [6.45, 7) is 0.856. The highest BCUT2D eigenvalue weighted by Gasteiger charge is 2.46. The lowest BCUT2D eigenvalue weighted by Gasteiger charge is -2.26. The Morgan fingerprint density at radius 3 is 2.33 bits per heavy atom. The standard InChI is InChI=1S/C22H22Cl2N2O4/c1-25(2)10-11-26-19(14-6-9-16(23)17(24)12-14)18(21(28)22(26)29)20(27)13-4-7-15(30-3)8-5-13/h4-9,12,19,27H,10-11H2,1-3H3/b20-18-. The predicted molar refractivity (Wildman–Crippen MR) is 117 cm³/mol. The van der Waals surface area contributed by atoms with E-state index >= 15 is 0 Å². The van der Waals surface area contributed by atoms with E-state index in [0.717, 1.165) is 0 Å². The Morgan fingerprint density at radius 2 is 1.77 bits per heavy atom. The molecule has 1 heterocycles. The Balaban J connectivity index is 2.15. The number of rotatable bonds is 6. The van der Waals surface area contributed by atoms with Crippen LogP contribution in [0.3, 0.4) is 0 Å². The molecule has 1 aliphatic rings. The van der Waals surface area contributed by atoms with Crippen LogP contribution in [0.15, 0.2) is 48.0 Å². The Hall–Kier alpha value is -2.54. The van der Waals surface area contributed by atoms with E-state index in [1.807, 2.05) is 19.0 Å². The van der Waals surface area contributed by atoms with Gasteiger partial charge in [0.05, 0.1) is 28.8 Å². The molecule has 0 saturated carbocycles. The number of halogens is 2. The number of ketones is 1. The number of likely N-dealkylation sites (N-methyl/N-ethyl adjacent to an activating group) is 1.